The predicted molar refractivity (Wildman–Crippen MR) is 41.8 cm³/mol. The van der Waals surface area contributed by atoms with Gasteiger partial charge in [0.1, 0.15) is 5.69 Å². The van der Waals surface area contributed by atoms with Crippen molar-refractivity contribution < 1.29 is 13.6 Å². The minimum absolute atomic E-state index is 0.145. The van der Waals surface area contributed by atoms with Crippen LogP contribution in [0, 0.1) is 0 Å². The Hall–Kier alpha value is -1.72. The van der Waals surface area contributed by atoms with E-state index >= 15 is 0 Å². The topological polar surface area (TPSA) is 76.0 Å². The molecule has 0 unspecified atom stereocenters. The highest BCUT2D eigenvalue weighted by molar-refractivity contribution is 5.84. The second-order valence-electron chi connectivity index (χ2n) is 2.32. The van der Waals surface area contributed by atoms with Crippen LogP contribution in [0.5, 0.6) is 0 Å². The second-order valence-corrected chi connectivity index (χ2v) is 2.32. The van der Waals surface area contributed by atoms with Crippen LogP contribution in [0.3, 0.4) is 0 Å². The van der Waals surface area contributed by atoms with E-state index in [1.165, 1.54) is 0 Å². The van der Waals surface area contributed by atoms with Crippen LogP contribution in [-0.4, -0.2) is 11.3 Å². The average molecular weight is 188 g/mol. The molecule has 6 heteroatoms. The van der Waals surface area contributed by atoms with Gasteiger partial charge in [-0.1, -0.05) is 0 Å². The molecule has 0 saturated carbocycles. The van der Waals surface area contributed by atoms with E-state index in [2.05, 4.69) is 0 Å². The quantitative estimate of drug-likeness (QED) is 0.671. The first kappa shape index (κ1) is 9.37. The van der Waals surface area contributed by atoms with Crippen molar-refractivity contribution >= 4 is 12.0 Å². The lowest BCUT2D eigenvalue weighted by molar-refractivity contribution is 0.110. The Morgan fingerprint density at radius 2 is 2.15 bits per heavy atom. The van der Waals surface area contributed by atoms with Crippen molar-refractivity contribution in [2.45, 2.75) is 6.43 Å². The van der Waals surface area contributed by atoms with Crippen LogP contribution in [0.1, 0.15) is 22.3 Å². The van der Waals surface area contributed by atoms with Crippen LogP contribution in [0.25, 0.3) is 0 Å². The van der Waals surface area contributed by atoms with Gasteiger partial charge in [-0.2, -0.15) is 0 Å². The van der Waals surface area contributed by atoms with E-state index in [0.717, 1.165) is 6.20 Å². The smallest absolute Gasteiger partial charge is 0.271 e. The summed E-state index contributed by atoms with van der Waals surface area (Å²) in [6.45, 7) is 0. The molecule has 70 valence electrons. The van der Waals surface area contributed by atoms with Crippen molar-refractivity contribution in [3.05, 3.63) is 27.7 Å². The first-order chi connectivity index (χ1) is 6.07. The molecule has 13 heavy (non-hydrogen) atoms. The minimum atomic E-state index is -2.83. The van der Waals surface area contributed by atoms with Crippen LogP contribution >= 0.6 is 0 Å². The van der Waals surface area contributed by atoms with Gasteiger partial charge in [0.15, 0.2) is 6.29 Å². The Balaban J connectivity index is 3.47. The highest BCUT2D eigenvalue weighted by Crippen LogP contribution is 2.22. The second kappa shape index (κ2) is 3.34. The van der Waals surface area contributed by atoms with Gasteiger partial charge < -0.3 is 10.7 Å². The van der Waals surface area contributed by atoms with E-state index in [9.17, 15) is 18.4 Å². The first-order valence-corrected chi connectivity index (χ1v) is 3.32. The number of nitrogen functional groups attached to an aromatic ring is 1. The van der Waals surface area contributed by atoms with Gasteiger partial charge in [-0.25, -0.2) is 8.78 Å². The van der Waals surface area contributed by atoms with Crippen LogP contribution in [-0.2, 0) is 0 Å². The van der Waals surface area contributed by atoms with Gasteiger partial charge in [0.2, 0.25) is 0 Å². The summed E-state index contributed by atoms with van der Waals surface area (Å²) in [6, 6.07) is 0. The number of pyridine rings is 1. The van der Waals surface area contributed by atoms with E-state index in [-0.39, 0.29) is 6.29 Å². The molecule has 0 aromatic carbocycles. The molecule has 0 aliphatic rings. The number of anilines is 1. The lowest BCUT2D eigenvalue weighted by atomic mass is 10.1. The van der Waals surface area contributed by atoms with Gasteiger partial charge >= 0.3 is 0 Å². The van der Waals surface area contributed by atoms with Gasteiger partial charge in [-0.3, -0.25) is 9.59 Å². The molecular formula is C7H6F2N2O2. The molecule has 0 bridgehead atoms. The largest absolute Gasteiger partial charge is 0.394 e. The molecule has 1 aromatic heterocycles. The summed E-state index contributed by atoms with van der Waals surface area (Å²) in [5.41, 5.74) is 2.89. The Bertz CT molecular complexity index is 387. The monoisotopic (exact) mass is 188 g/mol. The highest BCUT2D eigenvalue weighted by Gasteiger charge is 2.16. The van der Waals surface area contributed by atoms with Gasteiger partial charge in [-0.05, 0) is 0 Å². The molecule has 0 fully saturated rings. The summed E-state index contributed by atoms with van der Waals surface area (Å²) < 4.78 is 24.4. The molecule has 1 aromatic rings. The summed E-state index contributed by atoms with van der Waals surface area (Å²) in [7, 11) is 0. The van der Waals surface area contributed by atoms with Crippen LogP contribution in [0.4, 0.5) is 14.5 Å². The van der Waals surface area contributed by atoms with Crippen molar-refractivity contribution in [3.8, 4) is 0 Å². The summed E-state index contributed by atoms with van der Waals surface area (Å²) in [5, 5.41) is 0. The summed E-state index contributed by atoms with van der Waals surface area (Å²) in [5.74, 6) is 0. The molecule has 0 spiro atoms. The highest BCUT2D eigenvalue weighted by atomic mass is 19.3. The van der Waals surface area contributed by atoms with E-state index in [0.29, 0.717) is 0 Å². The number of hydrogen-bond acceptors (Lipinski definition) is 3. The van der Waals surface area contributed by atoms with Crippen molar-refractivity contribution in [1.29, 1.82) is 0 Å². The maximum Gasteiger partial charge on any atom is 0.271 e. The van der Waals surface area contributed by atoms with Gasteiger partial charge in [0.25, 0.3) is 12.0 Å². The number of alkyl halides is 2. The number of nitrogens with one attached hydrogen (secondary N) is 1. The number of nitrogens with two attached hydrogens (primary N) is 1. The standard InChI is InChI=1S/C7H6F2N2O2/c8-6(9)3-1-11-7(13)5(10)4(3)2-12/h1-2,6H,10H2,(H,11,13). The van der Waals surface area contributed by atoms with Crippen molar-refractivity contribution in [1.82, 2.24) is 4.98 Å². The lowest BCUT2D eigenvalue weighted by Crippen LogP contribution is -2.16. The van der Waals surface area contributed by atoms with E-state index in [4.69, 9.17) is 5.73 Å². The molecule has 0 radical (unpaired) electrons. The van der Waals surface area contributed by atoms with Crippen molar-refractivity contribution in [2.75, 3.05) is 5.73 Å². The molecule has 1 rings (SSSR count). The molecular weight excluding hydrogens is 182 g/mol. The number of carbonyl (C=O) groups excluding carboxylic acids is 1. The SMILES string of the molecule is Nc1c(C=O)c(C(F)F)c[nH]c1=O. The Morgan fingerprint density at radius 3 is 2.62 bits per heavy atom. The maximum atomic E-state index is 12.2. The third-order valence-electron chi connectivity index (χ3n) is 1.56. The summed E-state index contributed by atoms with van der Waals surface area (Å²) >= 11 is 0. The van der Waals surface area contributed by atoms with E-state index < -0.39 is 28.8 Å². The van der Waals surface area contributed by atoms with Gasteiger partial charge in [0, 0.05) is 11.8 Å². The number of H-pyrrole nitrogens is 1. The fraction of sp³-hybridized carbons (Fsp3) is 0.143. The van der Waals surface area contributed by atoms with E-state index in [1.54, 1.807) is 0 Å². The number of rotatable bonds is 2. The number of aromatic amines is 1. The zero-order valence-corrected chi connectivity index (χ0v) is 6.38. The van der Waals surface area contributed by atoms with Crippen molar-refractivity contribution in [3.63, 3.8) is 0 Å². The minimum Gasteiger partial charge on any atom is -0.394 e. The molecule has 0 atom stereocenters. The van der Waals surface area contributed by atoms with Crippen LogP contribution in [0.2, 0.25) is 0 Å². The molecule has 0 amide bonds. The van der Waals surface area contributed by atoms with Crippen molar-refractivity contribution in [2.24, 2.45) is 0 Å². The third-order valence-corrected chi connectivity index (χ3v) is 1.56. The summed E-state index contributed by atoms with van der Waals surface area (Å²) in [6.07, 6.45) is -1.90. The zero-order chi connectivity index (χ0) is 10.0. The van der Waals surface area contributed by atoms with Crippen LogP contribution in [0.15, 0.2) is 11.0 Å². The Kier molecular flexibility index (Phi) is 2.41. The number of aldehydes is 1. The first-order valence-electron chi connectivity index (χ1n) is 3.32. The third kappa shape index (κ3) is 1.56. The Morgan fingerprint density at radius 1 is 1.54 bits per heavy atom. The van der Waals surface area contributed by atoms with Gasteiger partial charge in [0.05, 0.1) is 5.56 Å². The Labute approximate surface area is 71.4 Å². The fourth-order valence-corrected chi connectivity index (χ4v) is 0.889. The molecule has 4 nitrogen and oxygen atoms in total. The number of carbonyl (C=O) groups is 1. The average Bonchev–Trinajstić information content (AvgIpc) is 2.09. The number of halogens is 2. The zero-order valence-electron chi connectivity index (χ0n) is 6.38. The normalized spacial score (nSPS) is 10.4. The maximum absolute atomic E-state index is 12.2. The molecule has 1 heterocycles. The van der Waals surface area contributed by atoms with Gasteiger partial charge in [-0.15, -0.1) is 0 Å². The fourth-order valence-electron chi connectivity index (χ4n) is 0.889. The molecule has 3 N–H and O–H groups in total. The molecule has 0 saturated heterocycles. The van der Waals surface area contributed by atoms with Crippen LogP contribution < -0.4 is 11.3 Å². The molecule has 0 aliphatic carbocycles. The molecule has 0 aliphatic heterocycles. The number of aromatic nitrogens is 1. The number of hydrogen-bond donors (Lipinski definition) is 2. The van der Waals surface area contributed by atoms with E-state index in [1.807, 2.05) is 4.98 Å². The summed E-state index contributed by atoms with van der Waals surface area (Å²) in [4.78, 5) is 23.1. The lowest BCUT2D eigenvalue weighted by Gasteiger charge is -2.04. The predicted octanol–water partition coefficient (Wildman–Crippen LogP) is 0.707.